The number of H-pyrrole nitrogens is 1. The molecular formula is C12H9N7. The summed E-state index contributed by atoms with van der Waals surface area (Å²) in [5.74, 6) is 6.75. The maximum absolute atomic E-state index is 4.29. The van der Waals surface area contributed by atoms with E-state index in [0.29, 0.717) is 23.0 Å². The summed E-state index contributed by atoms with van der Waals surface area (Å²) in [6, 6.07) is 0. The van der Waals surface area contributed by atoms with Gasteiger partial charge in [-0.25, -0.2) is 15.0 Å². The number of hydrogen-bond donors (Lipinski definition) is 2. The van der Waals surface area contributed by atoms with Crippen molar-refractivity contribution in [1.29, 1.82) is 0 Å². The predicted octanol–water partition coefficient (Wildman–Crippen LogP) is 0.584. The summed E-state index contributed by atoms with van der Waals surface area (Å²) in [6.07, 6.45) is 6.33. The number of hydrogen-bond acceptors (Lipinski definition) is 6. The highest BCUT2D eigenvalue weighted by atomic mass is 15.1. The maximum Gasteiger partial charge on any atom is 0.209 e. The number of aromatic nitrogens is 6. The molecule has 0 aliphatic carbocycles. The minimum atomic E-state index is 0.384. The molecule has 0 saturated heterocycles. The Morgan fingerprint density at radius 1 is 1.16 bits per heavy atom. The van der Waals surface area contributed by atoms with Crippen molar-refractivity contribution >= 4 is 17.0 Å². The fourth-order valence-electron chi connectivity index (χ4n) is 1.55. The van der Waals surface area contributed by atoms with E-state index < -0.39 is 0 Å². The van der Waals surface area contributed by atoms with Crippen LogP contribution >= 0.6 is 0 Å². The lowest BCUT2D eigenvalue weighted by atomic mass is 10.4. The molecule has 0 aliphatic heterocycles. The van der Waals surface area contributed by atoms with E-state index in [1.165, 1.54) is 0 Å². The molecule has 3 rings (SSSR count). The lowest BCUT2D eigenvalue weighted by Crippen LogP contribution is -1.98. The van der Waals surface area contributed by atoms with Gasteiger partial charge in [0.05, 0.1) is 12.5 Å². The first-order valence-electron chi connectivity index (χ1n) is 5.54. The number of aromatic amines is 1. The third-order valence-corrected chi connectivity index (χ3v) is 2.39. The summed E-state index contributed by atoms with van der Waals surface area (Å²) in [5, 5.41) is 2.98. The Balaban J connectivity index is 2.04. The number of nitrogens with one attached hydrogen (secondary N) is 2. The average molecular weight is 251 g/mol. The number of nitrogens with zero attached hydrogens (tertiary/aromatic N) is 5. The molecule has 19 heavy (non-hydrogen) atoms. The summed E-state index contributed by atoms with van der Waals surface area (Å²) in [7, 11) is 1.78. The Kier molecular flexibility index (Phi) is 2.74. The van der Waals surface area contributed by atoms with Gasteiger partial charge in [-0.05, 0) is 11.8 Å². The Morgan fingerprint density at radius 3 is 2.89 bits per heavy atom. The van der Waals surface area contributed by atoms with Gasteiger partial charge in [-0.15, -0.1) is 0 Å². The van der Waals surface area contributed by atoms with Gasteiger partial charge in [0.25, 0.3) is 0 Å². The number of anilines is 1. The van der Waals surface area contributed by atoms with Gasteiger partial charge >= 0.3 is 0 Å². The normalized spacial score (nSPS) is 9.95. The molecule has 0 atom stereocenters. The van der Waals surface area contributed by atoms with Crippen LogP contribution in [0.2, 0.25) is 0 Å². The summed E-state index contributed by atoms with van der Waals surface area (Å²) in [6.45, 7) is 0. The second-order valence-corrected chi connectivity index (χ2v) is 3.59. The third-order valence-electron chi connectivity index (χ3n) is 2.39. The van der Waals surface area contributed by atoms with E-state index in [9.17, 15) is 0 Å². The number of rotatable bonds is 1. The molecule has 0 spiro atoms. The number of imidazole rings is 1. The largest absolute Gasteiger partial charge is 0.371 e. The van der Waals surface area contributed by atoms with Crippen molar-refractivity contribution in [2.24, 2.45) is 0 Å². The molecule has 0 bridgehead atoms. The van der Waals surface area contributed by atoms with Crippen molar-refractivity contribution in [2.75, 3.05) is 12.4 Å². The molecule has 92 valence electrons. The topological polar surface area (TPSA) is 92.3 Å². The smallest absolute Gasteiger partial charge is 0.209 e. The fourth-order valence-corrected chi connectivity index (χ4v) is 1.55. The van der Waals surface area contributed by atoms with Crippen LogP contribution in [0.1, 0.15) is 11.5 Å². The zero-order valence-electron chi connectivity index (χ0n) is 10.0. The lowest BCUT2D eigenvalue weighted by Gasteiger charge is -1.99. The van der Waals surface area contributed by atoms with Gasteiger partial charge in [0.1, 0.15) is 11.2 Å². The maximum atomic E-state index is 4.29. The molecule has 0 fully saturated rings. The molecule has 3 heterocycles. The fraction of sp³-hybridized carbons (Fsp3) is 0.0833. The van der Waals surface area contributed by atoms with Crippen LogP contribution in [0.15, 0.2) is 24.9 Å². The van der Waals surface area contributed by atoms with Crippen LogP contribution in [0.3, 0.4) is 0 Å². The summed E-state index contributed by atoms with van der Waals surface area (Å²) in [4.78, 5) is 23.6. The second kappa shape index (κ2) is 4.70. The van der Waals surface area contributed by atoms with Crippen LogP contribution in [0.5, 0.6) is 0 Å². The Hall–Kier alpha value is -3.01. The molecule has 3 aromatic heterocycles. The van der Waals surface area contributed by atoms with Gasteiger partial charge in [-0.1, -0.05) is 0 Å². The van der Waals surface area contributed by atoms with Gasteiger partial charge in [-0.3, -0.25) is 4.98 Å². The van der Waals surface area contributed by atoms with Gasteiger partial charge in [0, 0.05) is 19.4 Å². The molecule has 0 saturated carbocycles. The van der Waals surface area contributed by atoms with Crippen LogP contribution < -0.4 is 5.32 Å². The highest BCUT2D eigenvalue weighted by molar-refractivity contribution is 5.82. The highest BCUT2D eigenvalue weighted by Crippen LogP contribution is 2.15. The molecule has 0 aromatic carbocycles. The van der Waals surface area contributed by atoms with E-state index in [1.54, 1.807) is 32.0 Å². The minimum Gasteiger partial charge on any atom is -0.371 e. The van der Waals surface area contributed by atoms with E-state index in [2.05, 4.69) is 47.1 Å². The van der Waals surface area contributed by atoms with Crippen molar-refractivity contribution in [1.82, 2.24) is 29.9 Å². The molecule has 0 unspecified atom stereocenters. The Morgan fingerprint density at radius 2 is 2.11 bits per heavy atom. The zero-order valence-corrected chi connectivity index (χ0v) is 10.0. The van der Waals surface area contributed by atoms with E-state index in [4.69, 9.17) is 0 Å². The van der Waals surface area contributed by atoms with Crippen molar-refractivity contribution in [3.8, 4) is 11.8 Å². The van der Waals surface area contributed by atoms with Crippen molar-refractivity contribution in [2.45, 2.75) is 0 Å². The molecule has 2 N–H and O–H groups in total. The summed E-state index contributed by atoms with van der Waals surface area (Å²) in [5.41, 5.74) is 1.90. The SMILES string of the molecule is CNc1nc(C#Cc2cnccn2)nc2nc[nH]c12. The molecule has 0 amide bonds. The Labute approximate surface area is 108 Å². The van der Waals surface area contributed by atoms with Gasteiger partial charge < -0.3 is 10.3 Å². The molecule has 7 nitrogen and oxygen atoms in total. The van der Waals surface area contributed by atoms with Crippen LogP contribution in [0, 0.1) is 11.8 Å². The van der Waals surface area contributed by atoms with Crippen LogP contribution in [0.4, 0.5) is 5.82 Å². The van der Waals surface area contributed by atoms with Crippen molar-refractivity contribution in [3.63, 3.8) is 0 Å². The third kappa shape index (κ3) is 2.19. The summed E-state index contributed by atoms with van der Waals surface area (Å²) >= 11 is 0. The van der Waals surface area contributed by atoms with Gasteiger partial charge in [0.2, 0.25) is 5.82 Å². The van der Waals surface area contributed by atoms with Gasteiger partial charge in [-0.2, -0.15) is 4.98 Å². The molecular weight excluding hydrogens is 242 g/mol. The molecule has 0 aliphatic rings. The van der Waals surface area contributed by atoms with Crippen molar-refractivity contribution < 1.29 is 0 Å². The van der Waals surface area contributed by atoms with E-state index in [1.807, 2.05) is 0 Å². The van der Waals surface area contributed by atoms with E-state index in [-0.39, 0.29) is 0 Å². The van der Waals surface area contributed by atoms with Crippen LogP contribution in [-0.4, -0.2) is 37.0 Å². The second-order valence-electron chi connectivity index (χ2n) is 3.59. The van der Waals surface area contributed by atoms with Crippen molar-refractivity contribution in [3.05, 3.63) is 36.4 Å². The number of fused-ring (bicyclic) bond motifs is 1. The van der Waals surface area contributed by atoms with Gasteiger partial charge in [0.15, 0.2) is 11.5 Å². The first kappa shape index (κ1) is 11.1. The first-order valence-corrected chi connectivity index (χ1v) is 5.54. The van der Waals surface area contributed by atoms with Crippen LogP contribution in [-0.2, 0) is 0 Å². The standard InChI is InChI=1S/C12H9N7/c1-13-11-10-12(17-7-16-10)19-9(18-11)3-2-8-6-14-4-5-15-8/h4-7H,1H3,(H2,13,16,17,18,19). The average Bonchev–Trinajstić information content (AvgIpc) is 2.93. The Bertz CT molecular complexity index is 767. The molecule has 0 radical (unpaired) electrons. The molecule has 7 heteroatoms. The highest BCUT2D eigenvalue weighted by Gasteiger charge is 2.06. The lowest BCUT2D eigenvalue weighted by molar-refractivity contribution is 1.15. The van der Waals surface area contributed by atoms with E-state index in [0.717, 1.165) is 5.52 Å². The quantitative estimate of drug-likeness (QED) is 0.615. The zero-order chi connectivity index (χ0) is 13.1. The molecule has 3 aromatic rings. The minimum absolute atomic E-state index is 0.384. The monoisotopic (exact) mass is 251 g/mol. The predicted molar refractivity (Wildman–Crippen MR) is 69.2 cm³/mol. The van der Waals surface area contributed by atoms with E-state index >= 15 is 0 Å². The first-order chi connectivity index (χ1) is 9.36. The van der Waals surface area contributed by atoms with Crippen LogP contribution in [0.25, 0.3) is 11.2 Å². The summed E-state index contributed by atoms with van der Waals surface area (Å²) < 4.78 is 0.